The van der Waals surface area contributed by atoms with E-state index in [1.165, 1.54) is 11.3 Å². The highest BCUT2D eigenvalue weighted by atomic mass is 32.1. The number of ether oxygens (including phenoxy) is 1. The minimum absolute atomic E-state index is 0.317. The SMILES string of the molecule is CCOC(=O)c1sc2nc(C)nc(NCc3cn4c(C)cccc4n3)c2c1C. The van der Waals surface area contributed by atoms with E-state index in [9.17, 15) is 4.79 Å². The van der Waals surface area contributed by atoms with Crippen molar-refractivity contribution in [2.75, 3.05) is 11.9 Å². The number of nitrogens with zero attached hydrogens (tertiary/aromatic N) is 4. The van der Waals surface area contributed by atoms with Crippen LogP contribution in [0.1, 0.15) is 39.4 Å². The quantitative estimate of drug-likeness (QED) is 0.513. The Hall–Kier alpha value is -3.00. The lowest BCUT2D eigenvalue weighted by Gasteiger charge is -2.07. The second kappa shape index (κ2) is 7.20. The summed E-state index contributed by atoms with van der Waals surface area (Å²) in [6.45, 7) is 8.47. The number of carbonyl (C=O) groups excluding carboxylic acids is 1. The van der Waals surface area contributed by atoms with Gasteiger partial charge in [0.05, 0.1) is 24.2 Å². The summed E-state index contributed by atoms with van der Waals surface area (Å²) in [6.07, 6.45) is 2.02. The molecule has 144 valence electrons. The van der Waals surface area contributed by atoms with Crippen LogP contribution in [0.3, 0.4) is 0 Å². The van der Waals surface area contributed by atoms with Crippen molar-refractivity contribution in [3.63, 3.8) is 0 Å². The van der Waals surface area contributed by atoms with Crippen molar-refractivity contribution in [1.82, 2.24) is 19.4 Å². The molecule has 0 fully saturated rings. The maximum atomic E-state index is 12.2. The van der Waals surface area contributed by atoms with Crippen LogP contribution >= 0.6 is 11.3 Å². The van der Waals surface area contributed by atoms with Crippen LogP contribution in [-0.2, 0) is 11.3 Å². The molecule has 0 radical (unpaired) electrons. The summed E-state index contributed by atoms with van der Waals surface area (Å²) in [6, 6.07) is 6.03. The molecule has 4 rings (SSSR count). The Balaban J connectivity index is 1.69. The summed E-state index contributed by atoms with van der Waals surface area (Å²) in [7, 11) is 0. The van der Waals surface area contributed by atoms with Crippen LogP contribution in [0.4, 0.5) is 5.82 Å². The largest absolute Gasteiger partial charge is 0.462 e. The molecule has 1 N–H and O–H groups in total. The van der Waals surface area contributed by atoms with Gasteiger partial charge in [0, 0.05) is 11.9 Å². The second-order valence-electron chi connectivity index (χ2n) is 6.56. The zero-order chi connectivity index (χ0) is 19.8. The molecule has 0 aromatic carbocycles. The number of anilines is 1. The van der Waals surface area contributed by atoms with Crippen molar-refractivity contribution in [3.8, 4) is 0 Å². The molecule has 0 amide bonds. The van der Waals surface area contributed by atoms with Crippen molar-refractivity contribution < 1.29 is 9.53 Å². The Labute approximate surface area is 166 Å². The molecular formula is C20H21N5O2S. The van der Waals surface area contributed by atoms with Gasteiger partial charge in [0.25, 0.3) is 0 Å². The van der Waals surface area contributed by atoms with Crippen LogP contribution in [0.15, 0.2) is 24.4 Å². The Morgan fingerprint density at radius 2 is 2.04 bits per heavy atom. The van der Waals surface area contributed by atoms with E-state index < -0.39 is 0 Å². The molecule has 0 aliphatic carbocycles. The van der Waals surface area contributed by atoms with Crippen LogP contribution in [0.5, 0.6) is 0 Å². The molecule has 0 saturated heterocycles. The molecule has 0 aliphatic rings. The molecule has 0 spiro atoms. The highest BCUT2D eigenvalue weighted by Crippen LogP contribution is 2.34. The van der Waals surface area contributed by atoms with Crippen molar-refractivity contribution in [2.24, 2.45) is 0 Å². The van der Waals surface area contributed by atoms with Gasteiger partial charge < -0.3 is 14.5 Å². The number of carbonyl (C=O) groups is 1. The van der Waals surface area contributed by atoms with Crippen LogP contribution in [-0.4, -0.2) is 31.9 Å². The standard InChI is InChI=1S/C20H21N5O2S/c1-5-27-20(26)17-12(3)16-18(22-13(4)23-19(16)28-17)21-9-14-10-25-11(2)7-6-8-15(25)24-14/h6-8,10H,5,9H2,1-4H3,(H,21,22,23). The Morgan fingerprint density at radius 1 is 1.21 bits per heavy atom. The Bertz CT molecular complexity index is 1190. The number of hydrogen-bond acceptors (Lipinski definition) is 7. The van der Waals surface area contributed by atoms with Crippen molar-refractivity contribution in [3.05, 3.63) is 52.0 Å². The highest BCUT2D eigenvalue weighted by Gasteiger charge is 2.21. The molecule has 0 saturated carbocycles. The zero-order valence-corrected chi connectivity index (χ0v) is 17.1. The topological polar surface area (TPSA) is 81.4 Å². The second-order valence-corrected chi connectivity index (χ2v) is 7.56. The first kappa shape index (κ1) is 18.4. The summed E-state index contributed by atoms with van der Waals surface area (Å²) >= 11 is 1.34. The van der Waals surface area contributed by atoms with Gasteiger partial charge in [-0.3, -0.25) is 0 Å². The predicted octanol–water partition coefficient (Wildman–Crippen LogP) is 4.05. The molecule has 0 aliphatic heterocycles. The van der Waals surface area contributed by atoms with Crippen molar-refractivity contribution in [1.29, 1.82) is 0 Å². The fourth-order valence-corrected chi connectivity index (χ4v) is 4.34. The lowest BCUT2D eigenvalue weighted by molar-refractivity contribution is 0.0531. The van der Waals surface area contributed by atoms with Crippen LogP contribution < -0.4 is 5.32 Å². The van der Waals surface area contributed by atoms with E-state index in [1.807, 2.05) is 32.2 Å². The monoisotopic (exact) mass is 395 g/mol. The van der Waals surface area contributed by atoms with E-state index in [-0.39, 0.29) is 5.97 Å². The Morgan fingerprint density at radius 3 is 2.79 bits per heavy atom. The minimum Gasteiger partial charge on any atom is -0.462 e. The van der Waals surface area contributed by atoms with E-state index in [0.29, 0.717) is 29.7 Å². The number of pyridine rings is 1. The summed E-state index contributed by atoms with van der Waals surface area (Å²) in [5, 5.41) is 4.24. The van der Waals surface area contributed by atoms with Gasteiger partial charge in [-0.1, -0.05) is 6.07 Å². The molecule has 0 unspecified atom stereocenters. The first-order valence-electron chi connectivity index (χ1n) is 9.10. The summed E-state index contributed by atoms with van der Waals surface area (Å²) in [5.74, 6) is 1.04. The number of rotatable bonds is 5. The predicted molar refractivity (Wildman–Crippen MR) is 110 cm³/mol. The zero-order valence-electron chi connectivity index (χ0n) is 16.2. The number of imidazole rings is 1. The molecular weight excluding hydrogens is 374 g/mol. The van der Waals surface area contributed by atoms with Gasteiger partial charge in [-0.2, -0.15) is 0 Å². The van der Waals surface area contributed by atoms with Crippen LogP contribution in [0.2, 0.25) is 0 Å². The summed E-state index contributed by atoms with van der Waals surface area (Å²) < 4.78 is 7.23. The van der Waals surface area contributed by atoms with Crippen LogP contribution in [0, 0.1) is 20.8 Å². The number of aromatic nitrogens is 4. The van der Waals surface area contributed by atoms with Gasteiger partial charge in [-0.25, -0.2) is 19.7 Å². The third-order valence-electron chi connectivity index (χ3n) is 4.55. The molecule has 0 atom stereocenters. The number of hydrogen-bond donors (Lipinski definition) is 1. The number of nitrogens with one attached hydrogen (secondary N) is 1. The molecule has 28 heavy (non-hydrogen) atoms. The van der Waals surface area contributed by atoms with E-state index in [0.717, 1.165) is 32.8 Å². The Kier molecular flexibility index (Phi) is 4.72. The van der Waals surface area contributed by atoms with E-state index >= 15 is 0 Å². The van der Waals surface area contributed by atoms with Gasteiger partial charge in [0.15, 0.2) is 0 Å². The van der Waals surface area contributed by atoms with Gasteiger partial charge in [0.1, 0.15) is 27.0 Å². The fraction of sp³-hybridized carbons (Fsp3) is 0.300. The van der Waals surface area contributed by atoms with Crippen molar-refractivity contribution >= 4 is 39.0 Å². The summed E-state index contributed by atoms with van der Waals surface area (Å²) in [5.41, 5.74) is 3.80. The third-order valence-corrected chi connectivity index (χ3v) is 5.71. The minimum atomic E-state index is -0.317. The van der Waals surface area contributed by atoms with Crippen molar-refractivity contribution in [2.45, 2.75) is 34.2 Å². The van der Waals surface area contributed by atoms with E-state index in [1.54, 1.807) is 6.92 Å². The third kappa shape index (κ3) is 3.20. The molecule has 4 aromatic heterocycles. The number of aryl methyl sites for hydroxylation is 3. The highest BCUT2D eigenvalue weighted by molar-refractivity contribution is 7.20. The summed E-state index contributed by atoms with van der Waals surface area (Å²) in [4.78, 5) is 27.3. The maximum Gasteiger partial charge on any atom is 0.348 e. The first-order valence-corrected chi connectivity index (χ1v) is 9.92. The van der Waals surface area contributed by atoms with Gasteiger partial charge in [-0.15, -0.1) is 11.3 Å². The average Bonchev–Trinajstić information content (AvgIpc) is 3.22. The van der Waals surface area contributed by atoms with Gasteiger partial charge in [-0.05, 0) is 45.4 Å². The van der Waals surface area contributed by atoms with E-state index in [4.69, 9.17) is 4.74 Å². The molecule has 7 nitrogen and oxygen atoms in total. The fourth-order valence-electron chi connectivity index (χ4n) is 3.22. The van der Waals surface area contributed by atoms with Gasteiger partial charge >= 0.3 is 5.97 Å². The molecule has 4 heterocycles. The average molecular weight is 395 g/mol. The maximum absolute atomic E-state index is 12.2. The number of fused-ring (bicyclic) bond motifs is 2. The van der Waals surface area contributed by atoms with Gasteiger partial charge in [0.2, 0.25) is 0 Å². The van der Waals surface area contributed by atoms with Crippen LogP contribution in [0.25, 0.3) is 15.9 Å². The molecule has 0 bridgehead atoms. The normalized spacial score (nSPS) is 11.3. The molecule has 8 heteroatoms. The van der Waals surface area contributed by atoms with E-state index in [2.05, 4.69) is 37.7 Å². The first-order chi connectivity index (χ1) is 13.5. The smallest absolute Gasteiger partial charge is 0.348 e. The number of esters is 1. The number of thiophene rings is 1. The molecule has 4 aromatic rings. The lowest BCUT2D eigenvalue weighted by atomic mass is 10.2. The lowest BCUT2D eigenvalue weighted by Crippen LogP contribution is -2.05.